The van der Waals surface area contributed by atoms with Crippen molar-refractivity contribution in [3.8, 4) is 0 Å². The number of halogens is 2. The minimum atomic E-state index is -0.184. The van der Waals surface area contributed by atoms with Crippen LogP contribution in [0.2, 0.25) is 0 Å². The van der Waals surface area contributed by atoms with Crippen molar-refractivity contribution in [3.63, 3.8) is 0 Å². The molecule has 2 aromatic rings. The monoisotopic (exact) mass is 276 g/mol. The van der Waals surface area contributed by atoms with Crippen molar-refractivity contribution in [2.75, 3.05) is 0 Å². The smallest absolute Gasteiger partial charge is 0.129 e. The van der Waals surface area contributed by atoms with E-state index in [0.717, 1.165) is 14.6 Å². The number of H-pyrrole nitrogens is 1. The van der Waals surface area contributed by atoms with Crippen LogP contribution in [0, 0.1) is 16.3 Å². The summed E-state index contributed by atoms with van der Waals surface area (Å²) in [6.45, 7) is 1.76. The van der Waals surface area contributed by atoms with Crippen LogP contribution in [-0.2, 0) is 0 Å². The number of aromatic amines is 1. The first-order chi connectivity index (χ1) is 5.70. The highest BCUT2D eigenvalue weighted by atomic mass is 127. The van der Waals surface area contributed by atoms with E-state index < -0.39 is 0 Å². The second kappa shape index (κ2) is 2.69. The van der Waals surface area contributed by atoms with E-state index in [0.29, 0.717) is 5.56 Å². The van der Waals surface area contributed by atoms with Crippen LogP contribution in [0.15, 0.2) is 12.4 Å². The number of fused-ring (bicyclic) bond motifs is 1. The number of aromatic nitrogens is 2. The van der Waals surface area contributed by atoms with E-state index in [4.69, 9.17) is 0 Å². The zero-order valence-electron chi connectivity index (χ0n) is 6.36. The predicted octanol–water partition coefficient (Wildman–Crippen LogP) is 2.62. The second-order valence-electron chi connectivity index (χ2n) is 2.60. The van der Waals surface area contributed by atoms with Gasteiger partial charge in [0.05, 0.1) is 11.8 Å². The summed E-state index contributed by atoms with van der Waals surface area (Å²) in [4.78, 5) is 6.96. The van der Waals surface area contributed by atoms with Gasteiger partial charge in [0.25, 0.3) is 0 Å². The molecule has 0 aliphatic heterocycles. The van der Waals surface area contributed by atoms with Crippen LogP contribution >= 0.6 is 22.6 Å². The van der Waals surface area contributed by atoms with Gasteiger partial charge in [-0.05, 0) is 35.6 Å². The van der Waals surface area contributed by atoms with Gasteiger partial charge in [-0.1, -0.05) is 0 Å². The van der Waals surface area contributed by atoms with Gasteiger partial charge in [-0.3, -0.25) is 0 Å². The lowest BCUT2D eigenvalue weighted by atomic mass is 10.2. The summed E-state index contributed by atoms with van der Waals surface area (Å²) < 4.78 is 14.0. The molecule has 0 bridgehead atoms. The highest BCUT2D eigenvalue weighted by Gasteiger charge is 2.08. The minimum absolute atomic E-state index is 0.184. The van der Waals surface area contributed by atoms with Crippen LogP contribution in [-0.4, -0.2) is 9.97 Å². The first-order valence-electron chi connectivity index (χ1n) is 3.48. The molecule has 0 saturated heterocycles. The van der Waals surface area contributed by atoms with Crippen LogP contribution < -0.4 is 0 Å². The van der Waals surface area contributed by atoms with Gasteiger partial charge >= 0.3 is 0 Å². The lowest BCUT2D eigenvalue weighted by molar-refractivity contribution is 0.619. The van der Waals surface area contributed by atoms with E-state index in [2.05, 4.69) is 32.6 Å². The maximum absolute atomic E-state index is 13.1. The van der Waals surface area contributed by atoms with E-state index in [9.17, 15) is 4.39 Å². The Kier molecular flexibility index (Phi) is 1.79. The van der Waals surface area contributed by atoms with E-state index >= 15 is 0 Å². The third-order valence-corrected chi connectivity index (χ3v) is 3.16. The summed E-state index contributed by atoms with van der Waals surface area (Å²) in [5, 5.41) is 0. The molecule has 0 amide bonds. The highest BCUT2D eigenvalue weighted by Crippen LogP contribution is 2.23. The van der Waals surface area contributed by atoms with Crippen LogP contribution in [0.4, 0.5) is 4.39 Å². The Morgan fingerprint density at radius 1 is 1.58 bits per heavy atom. The predicted molar refractivity (Wildman–Crippen MR) is 53.5 cm³/mol. The van der Waals surface area contributed by atoms with Gasteiger partial charge in [0, 0.05) is 9.13 Å². The van der Waals surface area contributed by atoms with Crippen molar-refractivity contribution < 1.29 is 4.39 Å². The van der Waals surface area contributed by atoms with Gasteiger partial charge in [0.15, 0.2) is 0 Å². The molecule has 0 atom stereocenters. The standard InChI is InChI=1S/C8H6FIN2/c1-4-5(9)2-6-8(7(4)10)12-3-11-6/h2-3H,1H3,(H,11,12). The molecule has 1 aromatic heterocycles. The number of hydrogen-bond donors (Lipinski definition) is 1. The van der Waals surface area contributed by atoms with Gasteiger partial charge < -0.3 is 4.98 Å². The third-order valence-electron chi connectivity index (χ3n) is 1.84. The quantitative estimate of drug-likeness (QED) is 0.736. The van der Waals surface area contributed by atoms with Crippen molar-refractivity contribution in [2.24, 2.45) is 0 Å². The summed E-state index contributed by atoms with van der Waals surface area (Å²) in [5.74, 6) is -0.184. The normalized spacial score (nSPS) is 10.9. The first kappa shape index (κ1) is 7.97. The maximum atomic E-state index is 13.1. The molecule has 2 rings (SSSR count). The fourth-order valence-corrected chi connectivity index (χ4v) is 1.79. The number of rotatable bonds is 0. The zero-order chi connectivity index (χ0) is 8.72. The molecular formula is C8H6FIN2. The molecular weight excluding hydrogens is 270 g/mol. The molecule has 62 valence electrons. The number of nitrogens with one attached hydrogen (secondary N) is 1. The third kappa shape index (κ3) is 1.01. The molecule has 1 heterocycles. The molecule has 0 aliphatic rings. The average Bonchev–Trinajstić information content (AvgIpc) is 2.48. The largest absolute Gasteiger partial charge is 0.344 e. The zero-order valence-corrected chi connectivity index (χ0v) is 8.52. The number of benzene rings is 1. The number of nitrogens with zero attached hydrogens (tertiary/aromatic N) is 1. The lowest BCUT2D eigenvalue weighted by Gasteiger charge is -1.99. The van der Waals surface area contributed by atoms with Gasteiger partial charge in [0.2, 0.25) is 0 Å². The number of imidazole rings is 1. The lowest BCUT2D eigenvalue weighted by Crippen LogP contribution is -1.88. The summed E-state index contributed by atoms with van der Waals surface area (Å²) in [5.41, 5.74) is 2.26. The van der Waals surface area contributed by atoms with Crippen LogP contribution in [0.1, 0.15) is 5.56 Å². The molecule has 1 aromatic carbocycles. The molecule has 0 unspecified atom stereocenters. The summed E-state index contributed by atoms with van der Waals surface area (Å²) >= 11 is 2.10. The Labute approximate surface area is 82.3 Å². The van der Waals surface area contributed by atoms with E-state index in [-0.39, 0.29) is 5.82 Å². The van der Waals surface area contributed by atoms with Gasteiger partial charge in [0.1, 0.15) is 11.3 Å². The maximum Gasteiger partial charge on any atom is 0.129 e. The molecule has 2 nitrogen and oxygen atoms in total. The van der Waals surface area contributed by atoms with Gasteiger partial charge in [-0.15, -0.1) is 0 Å². The van der Waals surface area contributed by atoms with Crippen LogP contribution in [0.25, 0.3) is 11.0 Å². The number of hydrogen-bond acceptors (Lipinski definition) is 1. The first-order valence-corrected chi connectivity index (χ1v) is 4.55. The fraction of sp³-hybridized carbons (Fsp3) is 0.125. The summed E-state index contributed by atoms with van der Waals surface area (Å²) in [7, 11) is 0. The molecule has 0 aliphatic carbocycles. The van der Waals surface area contributed by atoms with Gasteiger partial charge in [-0.2, -0.15) is 0 Å². The average molecular weight is 276 g/mol. The summed E-state index contributed by atoms with van der Waals surface area (Å²) in [6, 6.07) is 1.47. The van der Waals surface area contributed by atoms with E-state index in [1.165, 1.54) is 6.07 Å². The molecule has 1 N–H and O–H groups in total. The second-order valence-corrected chi connectivity index (χ2v) is 3.67. The van der Waals surface area contributed by atoms with Crippen LogP contribution in [0.3, 0.4) is 0 Å². The molecule has 12 heavy (non-hydrogen) atoms. The van der Waals surface area contributed by atoms with Crippen molar-refractivity contribution in [3.05, 3.63) is 27.3 Å². The Morgan fingerprint density at radius 2 is 2.33 bits per heavy atom. The topological polar surface area (TPSA) is 28.7 Å². The molecule has 0 radical (unpaired) electrons. The van der Waals surface area contributed by atoms with Crippen molar-refractivity contribution in [2.45, 2.75) is 6.92 Å². The van der Waals surface area contributed by atoms with Crippen molar-refractivity contribution in [1.29, 1.82) is 0 Å². The molecule has 0 fully saturated rings. The Bertz CT molecular complexity index is 436. The Morgan fingerprint density at radius 3 is 3.08 bits per heavy atom. The Hall–Kier alpha value is -0.650. The summed E-state index contributed by atoms with van der Waals surface area (Å²) in [6.07, 6.45) is 1.58. The van der Waals surface area contributed by atoms with Crippen molar-refractivity contribution in [1.82, 2.24) is 9.97 Å². The highest BCUT2D eigenvalue weighted by molar-refractivity contribution is 14.1. The van der Waals surface area contributed by atoms with Crippen LogP contribution in [0.5, 0.6) is 0 Å². The fourth-order valence-electron chi connectivity index (χ4n) is 1.11. The van der Waals surface area contributed by atoms with E-state index in [1.54, 1.807) is 13.3 Å². The molecule has 4 heteroatoms. The SMILES string of the molecule is Cc1c(F)cc2[nH]cnc2c1I. The minimum Gasteiger partial charge on any atom is -0.344 e. The molecule has 0 spiro atoms. The van der Waals surface area contributed by atoms with Crippen molar-refractivity contribution >= 4 is 33.6 Å². The molecule has 0 saturated carbocycles. The Balaban J connectivity index is 2.94. The van der Waals surface area contributed by atoms with E-state index in [1.807, 2.05) is 0 Å². The van der Waals surface area contributed by atoms with Gasteiger partial charge in [-0.25, -0.2) is 9.37 Å².